The molecule has 1 heterocycles. The summed E-state index contributed by atoms with van der Waals surface area (Å²) in [6.07, 6.45) is 0.941. The van der Waals surface area contributed by atoms with Crippen LogP contribution in [0.15, 0.2) is 29.0 Å². The Hall–Kier alpha value is -1.40. The minimum atomic E-state index is -0.582. The number of aliphatic hydroxyl groups is 1. The van der Waals surface area contributed by atoms with Gasteiger partial charge in [0, 0.05) is 16.1 Å². The van der Waals surface area contributed by atoms with Crippen molar-refractivity contribution in [2.45, 2.75) is 39.5 Å². The SMILES string of the molecule is CC(O)c1ccc(Br)cc1OCc1ncnn1C(C)C. The number of benzene rings is 1. The Morgan fingerprint density at radius 2 is 2.10 bits per heavy atom. The molecule has 0 aliphatic carbocycles. The zero-order valence-corrected chi connectivity index (χ0v) is 13.3. The van der Waals surface area contributed by atoms with Gasteiger partial charge in [-0.15, -0.1) is 0 Å². The number of aromatic nitrogens is 3. The molecule has 0 aliphatic rings. The Morgan fingerprint density at radius 1 is 1.35 bits per heavy atom. The third-order valence-electron chi connectivity index (χ3n) is 2.92. The van der Waals surface area contributed by atoms with Crippen LogP contribution in [0.1, 0.15) is 44.3 Å². The number of ether oxygens (including phenoxy) is 1. The standard InChI is InChI=1S/C14H18BrN3O2/c1-9(2)18-14(16-8-17-18)7-20-13-6-11(15)4-5-12(13)10(3)19/h4-6,8-10,19H,7H2,1-3H3. The molecule has 1 unspecified atom stereocenters. The van der Waals surface area contributed by atoms with E-state index in [9.17, 15) is 5.11 Å². The Labute approximate surface area is 126 Å². The van der Waals surface area contributed by atoms with Gasteiger partial charge < -0.3 is 9.84 Å². The smallest absolute Gasteiger partial charge is 0.165 e. The fraction of sp³-hybridized carbons (Fsp3) is 0.429. The van der Waals surface area contributed by atoms with Crippen LogP contribution < -0.4 is 4.74 Å². The van der Waals surface area contributed by atoms with Crippen LogP contribution >= 0.6 is 15.9 Å². The molecule has 5 nitrogen and oxygen atoms in total. The normalized spacial score (nSPS) is 12.7. The van der Waals surface area contributed by atoms with Gasteiger partial charge >= 0.3 is 0 Å². The van der Waals surface area contributed by atoms with Crippen molar-refractivity contribution < 1.29 is 9.84 Å². The lowest BCUT2D eigenvalue weighted by molar-refractivity contribution is 0.188. The monoisotopic (exact) mass is 339 g/mol. The molecule has 0 amide bonds. The molecule has 0 bridgehead atoms. The molecule has 1 aromatic heterocycles. The quantitative estimate of drug-likeness (QED) is 0.908. The van der Waals surface area contributed by atoms with Gasteiger partial charge in [-0.05, 0) is 32.9 Å². The molecule has 2 aromatic rings. The zero-order chi connectivity index (χ0) is 14.7. The maximum absolute atomic E-state index is 9.77. The van der Waals surface area contributed by atoms with Crippen LogP contribution in [0.3, 0.4) is 0 Å². The van der Waals surface area contributed by atoms with Crippen LogP contribution in [0.2, 0.25) is 0 Å². The average Bonchev–Trinajstić information content (AvgIpc) is 2.84. The number of hydrogen-bond acceptors (Lipinski definition) is 4. The molecule has 0 aliphatic heterocycles. The fourth-order valence-electron chi connectivity index (χ4n) is 1.93. The fourth-order valence-corrected chi connectivity index (χ4v) is 2.27. The topological polar surface area (TPSA) is 60.2 Å². The van der Waals surface area contributed by atoms with E-state index in [0.29, 0.717) is 12.4 Å². The molecule has 6 heteroatoms. The average molecular weight is 340 g/mol. The van der Waals surface area contributed by atoms with E-state index in [0.717, 1.165) is 15.9 Å². The molecular weight excluding hydrogens is 322 g/mol. The lowest BCUT2D eigenvalue weighted by Gasteiger charge is -2.15. The molecule has 0 spiro atoms. The van der Waals surface area contributed by atoms with Crippen LogP contribution in [0.5, 0.6) is 5.75 Å². The molecule has 108 valence electrons. The van der Waals surface area contributed by atoms with E-state index in [1.165, 1.54) is 6.33 Å². The van der Waals surface area contributed by atoms with Gasteiger partial charge in [-0.25, -0.2) is 9.67 Å². The molecule has 0 fully saturated rings. The Bertz CT molecular complexity index is 582. The van der Waals surface area contributed by atoms with Gasteiger partial charge in [0.05, 0.1) is 6.10 Å². The molecule has 1 aromatic carbocycles. The van der Waals surface area contributed by atoms with Crippen molar-refractivity contribution in [2.24, 2.45) is 0 Å². The molecule has 0 saturated heterocycles. The molecule has 1 N–H and O–H groups in total. The van der Waals surface area contributed by atoms with Crippen LogP contribution in [0.4, 0.5) is 0 Å². The van der Waals surface area contributed by atoms with Crippen molar-refractivity contribution in [2.75, 3.05) is 0 Å². The van der Waals surface area contributed by atoms with E-state index in [1.54, 1.807) is 6.92 Å². The van der Waals surface area contributed by atoms with Crippen LogP contribution in [0.25, 0.3) is 0 Å². The summed E-state index contributed by atoms with van der Waals surface area (Å²) >= 11 is 3.41. The van der Waals surface area contributed by atoms with Gasteiger partial charge in [0.2, 0.25) is 0 Å². The van der Waals surface area contributed by atoms with E-state index in [1.807, 2.05) is 36.7 Å². The van der Waals surface area contributed by atoms with Crippen LogP contribution in [-0.2, 0) is 6.61 Å². The summed E-state index contributed by atoms with van der Waals surface area (Å²) in [5.41, 5.74) is 0.754. The van der Waals surface area contributed by atoms with Gasteiger partial charge in [0.15, 0.2) is 5.82 Å². The van der Waals surface area contributed by atoms with Crippen molar-refractivity contribution >= 4 is 15.9 Å². The number of halogens is 1. The maximum Gasteiger partial charge on any atom is 0.165 e. The van der Waals surface area contributed by atoms with E-state index >= 15 is 0 Å². The van der Waals surface area contributed by atoms with Crippen molar-refractivity contribution in [3.63, 3.8) is 0 Å². The highest BCUT2D eigenvalue weighted by molar-refractivity contribution is 9.10. The highest BCUT2D eigenvalue weighted by atomic mass is 79.9. The van der Waals surface area contributed by atoms with Gasteiger partial charge in [-0.2, -0.15) is 5.10 Å². The molecule has 1 atom stereocenters. The summed E-state index contributed by atoms with van der Waals surface area (Å²) in [5.74, 6) is 1.41. The van der Waals surface area contributed by atoms with Gasteiger partial charge in [0.25, 0.3) is 0 Å². The summed E-state index contributed by atoms with van der Waals surface area (Å²) in [5, 5.41) is 13.9. The zero-order valence-electron chi connectivity index (χ0n) is 11.7. The summed E-state index contributed by atoms with van der Waals surface area (Å²) in [6, 6.07) is 5.80. The maximum atomic E-state index is 9.77. The highest BCUT2D eigenvalue weighted by Crippen LogP contribution is 2.29. The molecule has 0 saturated carbocycles. The minimum Gasteiger partial charge on any atom is -0.485 e. The number of aliphatic hydroxyl groups excluding tert-OH is 1. The molecule has 0 radical (unpaired) electrons. The summed E-state index contributed by atoms with van der Waals surface area (Å²) < 4.78 is 8.53. The van der Waals surface area contributed by atoms with Gasteiger partial charge in [-0.3, -0.25) is 0 Å². The summed E-state index contributed by atoms with van der Waals surface area (Å²) in [4.78, 5) is 4.20. The predicted octanol–water partition coefficient (Wildman–Crippen LogP) is 3.25. The lowest BCUT2D eigenvalue weighted by Crippen LogP contribution is -2.11. The molecule has 2 rings (SSSR count). The molecule has 20 heavy (non-hydrogen) atoms. The molecular formula is C14H18BrN3O2. The first-order valence-electron chi connectivity index (χ1n) is 6.47. The van der Waals surface area contributed by atoms with Crippen molar-refractivity contribution in [1.29, 1.82) is 0 Å². The van der Waals surface area contributed by atoms with Gasteiger partial charge in [-0.1, -0.05) is 22.0 Å². The van der Waals surface area contributed by atoms with Crippen LogP contribution in [-0.4, -0.2) is 19.9 Å². The first-order valence-corrected chi connectivity index (χ1v) is 7.27. The van der Waals surface area contributed by atoms with E-state index in [2.05, 4.69) is 26.0 Å². The number of nitrogens with zero attached hydrogens (tertiary/aromatic N) is 3. The van der Waals surface area contributed by atoms with E-state index in [4.69, 9.17) is 4.74 Å². The van der Waals surface area contributed by atoms with Crippen molar-refractivity contribution in [3.05, 3.63) is 40.4 Å². The van der Waals surface area contributed by atoms with Crippen LogP contribution in [0, 0.1) is 0 Å². The first-order chi connectivity index (χ1) is 9.49. The van der Waals surface area contributed by atoms with Crippen molar-refractivity contribution in [1.82, 2.24) is 14.8 Å². The highest BCUT2D eigenvalue weighted by Gasteiger charge is 2.12. The Morgan fingerprint density at radius 3 is 2.75 bits per heavy atom. The van der Waals surface area contributed by atoms with E-state index < -0.39 is 6.10 Å². The lowest BCUT2D eigenvalue weighted by atomic mass is 10.1. The van der Waals surface area contributed by atoms with Gasteiger partial charge in [0.1, 0.15) is 18.7 Å². The van der Waals surface area contributed by atoms with Crippen molar-refractivity contribution in [3.8, 4) is 5.75 Å². The number of rotatable bonds is 5. The second kappa shape index (κ2) is 6.37. The number of hydrogen-bond donors (Lipinski definition) is 1. The Kier molecular flexibility index (Phi) is 4.77. The van der Waals surface area contributed by atoms with E-state index in [-0.39, 0.29) is 6.04 Å². The third-order valence-corrected chi connectivity index (χ3v) is 3.41. The summed E-state index contributed by atoms with van der Waals surface area (Å²) in [7, 11) is 0. The second-order valence-electron chi connectivity index (χ2n) is 4.86. The minimum absolute atomic E-state index is 0.231. The summed E-state index contributed by atoms with van der Waals surface area (Å²) in [6.45, 7) is 6.11. The largest absolute Gasteiger partial charge is 0.485 e. The third kappa shape index (κ3) is 3.37. The second-order valence-corrected chi connectivity index (χ2v) is 5.78. The first kappa shape index (κ1) is 15.0. The predicted molar refractivity (Wildman–Crippen MR) is 79.5 cm³/mol. The Balaban J connectivity index is 2.18.